The predicted octanol–water partition coefficient (Wildman–Crippen LogP) is 7.82. The first-order valence-electron chi connectivity index (χ1n) is 15.7. The minimum Gasteiger partial charge on any atom is -0.494 e. The van der Waals surface area contributed by atoms with Gasteiger partial charge in [0.2, 0.25) is 11.8 Å². The molecule has 0 saturated heterocycles. The van der Waals surface area contributed by atoms with Gasteiger partial charge in [-0.15, -0.1) is 0 Å². The van der Waals surface area contributed by atoms with Crippen molar-refractivity contribution in [1.29, 1.82) is 0 Å². The Morgan fingerprint density at radius 2 is 1.15 bits per heavy atom. The van der Waals surface area contributed by atoms with Gasteiger partial charge in [0, 0.05) is 54.5 Å². The maximum Gasteiger partial charge on any atom is 0.410 e. The zero-order valence-corrected chi connectivity index (χ0v) is 33.2. The molecule has 0 aliphatic rings. The van der Waals surface area contributed by atoms with Crippen LogP contribution in [0.3, 0.4) is 0 Å². The predicted molar refractivity (Wildman–Crippen MR) is 206 cm³/mol. The van der Waals surface area contributed by atoms with Crippen molar-refractivity contribution in [3.8, 4) is 11.5 Å². The number of likely N-dealkylation sites (N-methyl/N-ethyl adjacent to an activating group) is 2. The van der Waals surface area contributed by atoms with E-state index in [1.807, 2.05) is 75.4 Å². The van der Waals surface area contributed by atoms with Crippen molar-refractivity contribution in [1.82, 2.24) is 14.7 Å². The molecule has 0 fully saturated rings. The van der Waals surface area contributed by atoms with Crippen LogP contribution < -0.4 is 9.47 Å². The van der Waals surface area contributed by atoms with Crippen molar-refractivity contribution in [2.75, 3.05) is 54.5 Å². The third-order valence-corrected chi connectivity index (χ3v) is 7.57. The third-order valence-electron chi connectivity index (χ3n) is 6.13. The number of carbonyl (C=O) groups excluding carboxylic acids is 3. The van der Waals surface area contributed by atoms with Gasteiger partial charge in [0.25, 0.3) is 0 Å². The SMILES string of the molecule is CN(C)C(=O)/C=C/CCCCCOc1ccc(I)cc1.CN(C)C(=O)/C=C/CN(CCCOc1ccc(I)cc1)C(=O)OC(C)(C)C. The molecule has 2 aromatic carbocycles. The Bertz CT molecular complexity index is 1260. The van der Waals surface area contributed by atoms with E-state index in [1.54, 1.807) is 50.1 Å². The zero-order chi connectivity index (χ0) is 35.2. The van der Waals surface area contributed by atoms with Crippen molar-refractivity contribution < 1.29 is 28.6 Å². The lowest BCUT2D eigenvalue weighted by Crippen LogP contribution is -2.38. The molecule has 3 amide bonds. The first kappa shape index (κ1) is 42.2. The van der Waals surface area contributed by atoms with Crippen LogP contribution in [0.5, 0.6) is 11.5 Å². The van der Waals surface area contributed by atoms with E-state index in [-0.39, 0.29) is 11.8 Å². The fourth-order valence-corrected chi connectivity index (χ4v) is 4.30. The number of rotatable bonds is 16. The molecule has 0 spiro atoms. The molecule has 0 aliphatic heterocycles. The highest BCUT2D eigenvalue weighted by Crippen LogP contribution is 2.15. The topological polar surface area (TPSA) is 88.6 Å². The molecule has 0 radical (unpaired) electrons. The Hall–Kier alpha value is -2.81. The first-order valence-corrected chi connectivity index (χ1v) is 17.8. The van der Waals surface area contributed by atoms with Gasteiger partial charge in [-0.05, 0) is 153 Å². The lowest BCUT2D eigenvalue weighted by molar-refractivity contribution is -0.124. The number of amides is 3. The largest absolute Gasteiger partial charge is 0.494 e. The van der Waals surface area contributed by atoms with Gasteiger partial charge in [0.15, 0.2) is 0 Å². The van der Waals surface area contributed by atoms with E-state index in [0.717, 1.165) is 47.4 Å². The summed E-state index contributed by atoms with van der Waals surface area (Å²) in [6.45, 7) is 7.50. The van der Waals surface area contributed by atoms with Crippen LogP contribution in [0.1, 0.15) is 52.9 Å². The molecule has 0 heterocycles. The van der Waals surface area contributed by atoms with E-state index in [2.05, 4.69) is 45.2 Å². The number of halogens is 2. The fraction of sp³-hybridized carbons (Fsp3) is 0.472. The van der Waals surface area contributed by atoms with Crippen molar-refractivity contribution in [3.63, 3.8) is 0 Å². The van der Waals surface area contributed by atoms with Crippen LogP contribution in [0, 0.1) is 7.14 Å². The highest BCUT2D eigenvalue weighted by atomic mass is 127. The van der Waals surface area contributed by atoms with Crippen LogP contribution in [0.25, 0.3) is 0 Å². The zero-order valence-electron chi connectivity index (χ0n) is 28.8. The number of hydrogen-bond acceptors (Lipinski definition) is 6. The second kappa shape index (κ2) is 23.5. The molecule has 0 aromatic heterocycles. The van der Waals surface area contributed by atoms with Crippen LogP contribution in [0.15, 0.2) is 72.8 Å². The van der Waals surface area contributed by atoms with Crippen LogP contribution in [-0.2, 0) is 14.3 Å². The smallest absolute Gasteiger partial charge is 0.410 e. The van der Waals surface area contributed by atoms with Gasteiger partial charge in [-0.1, -0.05) is 12.2 Å². The molecule has 0 unspecified atom stereocenters. The molecule has 0 N–H and O–H groups in total. The van der Waals surface area contributed by atoms with E-state index in [4.69, 9.17) is 14.2 Å². The van der Waals surface area contributed by atoms with Crippen LogP contribution in [-0.4, -0.2) is 92.7 Å². The molecule has 9 nitrogen and oxygen atoms in total. The van der Waals surface area contributed by atoms with Gasteiger partial charge in [-0.2, -0.15) is 0 Å². The maximum absolute atomic E-state index is 12.4. The van der Waals surface area contributed by atoms with E-state index >= 15 is 0 Å². The minimum atomic E-state index is -0.573. The van der Waals surface area contributed by atoms with Gasteiger partial charge in [0.1, 0.15) is 17.1 Å². The van der Waals surface area contributed by atoms with Crippen molar-refractivity contribution >= 4 is 63.1 Å². The second-order valence-corrected chi connectivity index (χ2v) is 14.5. The Morgan fingerprint density at radius 1 is 0.681 bits per heavy atom. The Balaban J connectivity index is 0.000000491. The van der Waals surface area contributed by atoms with Crippen molar-refractivity contribution in [3.05, 3.63) is 80.0 Å². The molecular formula is C36H51I2N3O6. The monoisotopic (exact) mass is 875 g/mol. The number of benzene rings is 2. The summed E-state index contributed by atoms with van der Waals surface area (Å²) in [5.74, 6) is 1.66. The standard InChI is InChI=1S/C20H29IN2O4.C16H22INO2/c1-20(2,3)27-19(25)23(13-6-8-18(24)22(4)5)14-7-15-26-17-11-9-16(21)10-12-17;1-18(2)16(19)8-6-4-3-5-7-13-20-15-11-9-14(17)10-12-15/h6,8-12H,7,13-15H2,1-5H3;6,8-12H,3-5,7,13H2,1-2H3/b2*8-6+. The van der Waals surface area contributed by atoms with Crippen LogP contribution >= 0.6 is 45.2 Å². The minimum absolute atomic E-state index is 0.0482. The van der Waals surface area contributed by atoms with E-state index in [9.17, 15) is 14.4 Å². The van der Waals surface area contributed by atoms with E-state index < -0.39 is 11.7 Å². The molecule has 0 atom stereocenters. The number of allylic oxidation sites excluding steroid dienone is 1. The Labute approximate surface area is 309 Å². The van der Waals surface area contributed by atoms with Gasteiger partial charge < -0.3 is 28.9 Å². The van der Waals surface area contributed by atoms with Gasteiger partial charge in [-0.25, -0.2) is 4.79 Å². The molecule has 0 aliphatic carbocycles. The van der Waals surface area contributed by atoms with Crippen molar-refractivity contribution in [2.24, 2.45) is 0 Å². The Morgan fingerprint density at radius 3 is 1.62 bits per heavy atom. The third kappa shape index (κ3) is 21.6. The number of unbranched alkanes of at least 4 members (excludes halogenated alkanes) is 3. The number of ether oxygens (including phenoxy) is 3. The summed E-state index contributed by atoms with van der Waals surface area (Å²) < 4.78 is 19.2. The summed E-state index contributed by atoms with van der Waals surface area (Å²) in [7, 11) is 6.88. The summed E-state index contributed by atoms with van der Waals surface area (Å²) in [4.78, 5) is 39.9. The second-order valence-electron chi connectivity index (χ2n) is 12.0. The highest BCUT2D eigenvalue weighted by molar-refractivity contribution is 14.1. The average molecular weight is 876 g/mol. The van der Waals surface area contributed by atoms with Crippen LogP contribution in [0.4, 0.5) is 4.79 Å². The Kier molecular flexibility index (Phi) is 21.1. The van der Waals surface area contributed by atoms with E-state index in [0.29, 0.717) is 26.1 Å². The number of nitrogens with zero attached hydrogens (tertiary/aromatic N) is 3. The molecule has 0 bridgehead atoms. The normalized spacial score (nSPS) is 11.1. The molecule has 2 rings (SSSR count). The summed E-state index contributed by atoms with van der Waals surface area (Å²) in [6.07, 6.45) is 11.2. The molecule has 0 saturated carbocycles. The number of carbonyl (C=O) groups is 3. The number of hydrogen-bond donors (Lipinski definition) is 0. The molecular weight excluding hydrogens is 824 g/mol. The molecule has 11 heteroatoms. The first-order chi connectivity index (χ1) is 22.2. The fourth-order valence-electron chi connectivity index (χ4n) is 3.58. The summed E-state index contributed by atoms with van der Waals surface area (Å²) in [5, 5.41) is 0. The average Bonchev–Trinajstić information content (AvgIpc) is 3.00. The highest BCUT2D eigenvalue weighted by Gasteiger charge is 2.21. The van der Waals surface area contributed by atoms with Gasteiger partial charge >= 0.3 is 6.09 Å². The molecule has 2 aromatic rings. The van der Waals surface area contributed by atoms with E-state index in [1.165, 1.54) is 14.5 Å². The van der Waals surface area contributed by atoms with Crippen molar-refractivity contribution in [2.45, 2.75) is 58.5 Å². The van der Waals surface area contributed by atoms with Gasteiger partial charge in [0.05, 0.1) is 13.2 Å². The summed E-state index contributed by atoms with van der Waals surface area (Å²) in [6, 6.07) is 15.9. The maximum atomic E-state index is 12.4. The quantitative estimate of drug-likeness (QED) is 0.0972. The lowest BCUT2D eigenvalue weighted by Gasteiger charge is -2.26. The lowest BCUT2D eigenvalue weighted by atomic mass is 10.2. The molecule has 47 heavy (non-hydrogen) atoms. The van der Waals surface area contributed by atoms with Gasteiger partial charge in [-0.3, -0.25) is 9.59 Å². The molecule has 260 valence electrons. The van der Waals surface area contributed by atoms with Crippen LogP contribution in [0.2, 0.25) is 0 Å². The summed E-state index contributed by atoms with van der Waals surface area (Å²) >= 11 is 4.52. The summed E-state index contributed by atoms with van der Waals surface area (Å²) in [5.41, 5.74) is -0.573.